The van der Waals surface area contributed by atoms with Gasteiger partial charge in [0.15, 0.2) is 0 Å². The summed E-state index contributed by atoms with van der Waals surface area (Å²) >= 11 is 8.35. The van der Waals surface area contributed by atoms with Crippen molar-refractivity contribution in [2.24, 2.45) is 0 Å². The number of halogens is 1. The Morgan fingerprint density at radius 1 is 1.00 bits per heavy atom. The van der Waals surface area contributed by atoms with Crippen LogP contribution >= 0.6 is 23.4 Å². The standard InChI is InChI=1S/C16H17ClS/c1-11-4-5-12(2)15(10-11)16(17)13-6-8-14(18-3)9-7-13/h4-10,16H,1-3H3. The van der Waals surface area contributed by atoms with E-state index in [1.165, 1.54) is 21.6 Å². The van der Waals surface area contributed by atoms with Crippen LogP contribution in [0.5, 0.6) is 0 Å². The fraction of sp³-hybridized carbons (Fsp3) is 0.250. The van der Waals surface area contributed by atoms with Crippen LogP contribution in [-0.4, -0.2) is 6.26 Å². The maximum Gasteiger partial charge on any atom is 0.0838 e. The average molecular weight is 277 g/mol. The van der Waals surface area contributed by atoms with Gasteiger partial charge in [-0.05, 0) is 48.9 Å². The molecule has 94 valence electrons. The lowest BCUT2D eigenvalue weighted by molar-refractivity contribution is 1.10. The molecule has 0 aliphatic rings. The number of hydrogen-bond acceptors (Lipinski definition) is 1. The number of hydrogen-bond donors (Lipinski definition) is 0. The molecule has 1 atom stereocenters. The van der Waals surface area contributed by atoms with Gasteiger partial charge in [-0.1, -0.05) is 35.9 Å². The van der Waals surface area contributed by atoms with Crippen molar-refractivity contribution >= 4 is 23.4 Å². The Hall–Kier alpha value is -0.920. The first-order valence-electron chi connectivity index (χ1n) is 5.97. The van der Waals surface area contributed by atoms with Crippen LogP contribution in [0.2, 0.25) is 0 Å². The summed E-state index contributed by atoms with van der Waals surface area (Å²) in [5.74, 6) is 0. The molecule has 0 bridgehead atoms. The molecule has 0 heterocycles. The van der Waals surface area contributed by atoms with E-state index in [1.807, 2.05) is 0 Å². The van der Waals surface area contributed by atoms with Crippen LogP contribution in [-0.2, 0) is 0 Å². The molecule has 0 aliphatic heterocycles. The van der Waals surface area contributed by atoms with E-state index in [1.54, 1.807) is 11.8 Å². The molecule has 0 nitrogen and oxygen atoms in total. The molecule has 0 N–H and O–H groups in total. The summed E-state index contributed by atoms with van der Waals surface area (Å²) in [6, 6.07) is 14.9. The molecule has 0 spiro atoms. The minimum Gasteiger partial charge on any atom is -0.130 e. The van der Waals surface area contributed by atoms with Gasteiger partial charge in [-0.3, -0.25) is 0 Å². The van der Waals surface area contributed by atoms with Gasteiger partial charge in [0.2, 0.25) is 0 Å². The lowest BCUT2D eigenvalue weighted by Crippen LogP contribution is -1.97. The first-order valence-corrected chi connectivity index (χ1v) is 7.63. The Bertz CT molecular complexity index is 531. The van der Waals surface area contributed by atoms with Gasteiger partial charge in [-0.25, -0.2) is 0 Å². The average Bonchev–Trinajstić information content (AvgIpc) is 2.41. The monoisotopic (exact) mass is 276 g/mol. The second kappa shape index (κ2) is 5.81. The van der Waals surface area contributed by atoms with Gasteiger partial charge in [0.1, 0.15) is 0 Å². The van der Waals surface area contributed by atoms with E-state index >= 15 is 0 Å². The van der Waals surface area contributed by atoms with Gasteiger partial charge in [0.05, 0.1) is 5.38 Å². The van der Waals surface area contributed by atoms with Crippen molar-refractivity contribution < 1.29 is 0 Å². The molecule has 0 radical (unpaired) electrons. The Morgan fingerprint density at radius 3 is 2.28 bits per heavy atom. The van der Waals surface area contributed by atoms with Crippen LogP contribution in [0, 0.1) is 13.8 Å². The molecule has 18 heavy (non-hydrogen) atoms. The molecule has 0 saturated carbocycles. The van der Waals surface area contributed by atoms with Crippen LogP contribution in [0.3, 0.4) is 0 Å². The van der Waals surface area contributed by atoms with Crippen molar-refractivity contribution in [2.75, 3.05) is 6.26 Å². The predicted octanol–water partition coefficient (Wildman–Crippen LogP) is 5.35. The van der Waals surface area contributed by atoms with Crippen LogP contribution in [0.15, 0.2) is 47.4 Å². The Morgan fingerprint density at radius 2 is 1.67 bits per heavy atom. The summed E-state index contributed by atoms with van der Waals surface area (Å²) in [4.78, 5) is 1.27. The fourth-order valence-electron chi connectivity index (χ4n) is 1.99. The zero-order chi connectivity index (χ0) is 13.1. The van der Waals surface area contributed by atoms with Crippen molar-refractivity contribution in [1.29, 1.82) is 0 Å². The predicted molar refractivity (Wildman–Crippen MR) is 81.8 cm³/mol. The Labute approximate surface area is 118 Å². The number of rotatable bonds is 3. The van der Waals surface area contributed by atoms with Crippen LogP contribution in [0.25, 0.3) is 0 Å². The molecule has 1 unspecified atom stereocenters. The molecular formula is C16H17ClS. The summed E-state index contributed by atoms with van der Waals surface area (Å²) in [5, 5.41) is -0.0687. The summed E-state index contributed by atoms with van der Waals surface area (Å²) in [6.45, 7) is 4.21. The maximum atomic E-state index is 6.60. The Kier molecular flexibility index (Phi) is 4.36. The van der Waals surface area contributed by atoms with E-state index in [9.17, 15) is 0 Å². The normalized spacial score (nSPS) is 12.4. The third kappa shape index (κ3) is 2.90. The van der Waals surface area contributed by atoms with Crippen molar-refractivity contribution in [3.63, 3.8) is 0 Å². The van der Waals surface area contributed by atoms with E-state index in [4.69, 9.17) is 11.6 Å². The van der Waals surface area contributed by atoms with Gasteiger partial charge in [-0.2, -0.15) is 0 Å². The van der Waals surface area contributed by atoms with Crippen LogP contribution < -0.4 is 0 Å². The minimum atomic E-state index is -0.0687. The molecule has 2 aromatic rings. The molecular weight excluding hydrogens is 260 g/mol. The fourth-order valence-corrected chi connectivity index (χ4v) is 2.77. The first-order chi connectivity index (χ1) is 8.61. The van der Waals surface area contributed by atoms with Crippen LogP contribution in [0.4, 0.5) is 0 Å². The van der Waals surface area contributed by atoms with Gasteiger partial charge in [0, 0.05) is 4.90 Å². The van der Waals surface area contributed by atoms with Gasteiger partial charge >= 0.3 is 0 Å². The number of aryl methyl sites for hydroxylation is 2. The van der Waals surface area contributed by atoms with Crippen molar-refractivity contribution in [3.05, 3.63) is 64.7 Å². The topological polar surface area (TPSA) is 0 Å². The third-order valence-corrected chi connectivity index (χ3v) is 4.35. The van der Waals surface area contributed by atoms with Gasteiger partial charge in [-0.15, -0.1) is 23.4 Å². The highest BCUT2D eigenvalue weighted by atomic mass is 35.5. The zero-order valence-electron chi connectivity index (χ0n) is 10.9. The second-order valence-electron chi connectivity index (χ2n) is 4.50. The third-order valence-electron chi connectivity index (χ3n) is 3.12. The maximum absolute atomic E-state index is 6.60. The first kappa shape index (κ1) is 13.5. The van der Waals surface area contributed by atoms with Crippen molar-refractivity contribution in [1.82, 2.24) is 0 Å². The summed E-state index contributed by atoms with van der Waals surface area (Å²) in [7, 11) is 0. The van der Waals surface area contributed by atoms with E-state index < -0.39 is 0 Å². The zero-order valence-corrected chi connectivity index (χ0v) is 12.5. The number of benzene rings is 2. The molecule has 2 aromatic carbocycles. The lowest BCUT2D eigenvalue weighted by Gasteiger charge is -2.14. The molecule has 0 fully saturated rings. The molecule has 0 saturated heterocycles. The lowest BCUT2D eigenvalue weighted by atomic mass is 9.98. The van der Waals surface area contributed by atoms with E-state index in [0.29, 0.717) is 0 Å². The molecule has 2 rings (SSSR count). The quantitative estimate of drug-likeness (QED) is 0.538. The highest BCUT2D eigenvalue weighted by Crippen LogP contribution is 2.32. The highest BCUT2D eigenvalue weighted by molar-refractivity contribution is 7.98. The van der Waals surface area contributed by atoms with E-state index in [-0.39, 0.29) is 5.38 Å². The highest BCUT2D eigenvalue weighted by Gasteiger charge is 2.13. The second-order valence-corrected chi connectivity index (χ2v) is 5.81. The van der Waals surface area contributed by atoms with Crippen molar-refractivity contribution in [2.45, 2.75) is 24.1 Å². The summed E-state index contributed by atoms with van der Waals surface area (Å²) in [5.41, 5.74) is 4.85. The van der Waals surface area contributed by atoms with Crippen molar-refractivity contribution in [3.8, 4) is 0 Å². The van der Waals surface area contributed by atoms with Gasteiger partial charge in [0.25, 0.3) is 0 Å². The Balaban J connectivity index is 2.34. The summed E-state index contributed by atoms with van der Waals surface area (Å²) in [6.07, 6.45) is 2.08. The van der Waals surface area contributed by atoms with Crippen LogP contribution in [0.1, 0.15) is 27.6 Å². The largest absolute Gasteiger partial charge is 0.130 e. The number of alkyl halides is 1. The van der Waals surface area contributed by atoms with E-state index in [0.717, 1.165) is 5.56 Å². The van der Waals surface area contributed by atoms with Gasteiger partial charge < -0.3 is 0 Å². The molecule has 0 amide bonds. The molecule has 0 aromatic heterocycles. The number of thioether (sulfide) groups is 1. The molecule has 0 aliphatic carbocycles. The SMILES string of the molecule is CSc1ccc(C(Cl)c2cc(C)ccc2C)cc1. The summed E-state index contributed by atoms with van der Waals surface area (Å²) < 4.78 is 0. The smallest absolute Gasteiger partial charge is 0.0838 e. The minimum absolute atomic E-state index is 0.0687. The molecule has 2 heteroatoms. The van der Waals surface area contributed by atoms with E-state index in [2.05, 4.69) is 62.6 Å².